The smallest absolute Gasteiger partial charge is 0.0938 e. The minimum Gasteiger partial charge on any atom is -0.395 e. The molecule has 0 spiro atoms. The highest BCUT2D eigenvalue weighted by Gasteiger charge is 2.10. The number of aliphatic hydroxyl groups is 2. The predicted molar refractivity (Wildman–Crippen MR) is 95.3 cm³/mol. The Hall–Kier alpha value is -1.43. The molecule has 0 amide bonds. The Morgan fingerprint density at radius 2 is 1.57 bits per heavy atom. The number of benzene rings is 2. The number of aliphatic hydroxyl groups excluding tert-OH is 2. The lowest BCUT2D eigenvalue weighted by Gasteiger charge is -2.13. The van der Waals surface area contributed by atoms with Gasteiger partial charge in [-0.15, -0.1) is 0 Å². The summed E-state index contributed by atoms with van der Waals surface area (Å²) in [6, 6.07) is 16.5. The van der Waals surface area contributed by atoms with E-state index >= 15 is 0 Å². The fraction of sp³-hybridized carbons (Fsp3) is 0.333. The van der Waals surface area contributed by atoms with Crippen LogP contribution < -0.4 is 11.5 Å². The van der Waals surface area contributed by atoms with Gasteiger partial charge >= 0.3 is 0 Å². The molecule has 2 unspecified atom stereocenters. The summed E-state index contributed by atoms with van der Waals surface area (Å²) in [5.41, 5.74) is 13.1. The van der Waals surface area contributed by atoms with Crippen molar-refractivity contribution in [3.8, 4) is 0 Å². The lowest BCUT2D eigenvalue weighted by molar-refractivity contribution is 0.153. The number of rotatable bonds is 5. The molecule has 0 aliphatic rings. The van der Waals surface area contributed by atoms with Crippen molar-refractivity contribution in [3.05, 3.63) is 70.7 Å². The predicted octanol–water partition coefficient (Wildman–Crippen LogP) is 2.27. The van der Waals surface area contributed by atoms with Crippen molar-refractivity contribution in [2.45, 2.75) is 31.5 Å². The van der Waals surface area contributed by atoms with Crippen molar-refractivity contribution in [3.63, 3.8) is 0 Å². The minimum atomic E-state index is -0.545. The third-order valence-corrected chi connectivity index (χ3v) is 3.54. The molecule has 23 heavy (non-hydrogen) atoms. The zero-order valence-electron chi connectivity index (χ0n) is 13.3. The topological polar surface area (TPSA) is 92.5 Å². The van der Waals surface area contributed by atoms with Crippen molar-refractivity contribution >= 4 is 11.6 Å². The van der Waals surface area contributed by atoms with E-state index in [0.717, 1.165) is 16.1 Å². The summed E-state index contributed by atoms with van der Waals surface area (Å²) in [6.45, 7) is 1.81. The van der Waals surface area contributed by atoms with Gasteiger partial charge < -0.3 is 21.7 Å². The van der Waals surface area contributed by atoms with Crippen LogP contribution in [0.3, 0.4) is 0 Å². The molecule has 0 saturated heterocycles. The number of hydrogen-bond acceptors (Lipinski definition) is 4. The molecule has 3 atom stereocenters. The number of halogens is 1. The van der Waals surface area contributed by atoms with Gasteiger partial charge in [0.1, 0.15) is 0 Å². The molecule has 0 saturated carbocycles. The molecule has 0 fully saturated rings. The van der Waals surface area contributed by atoms with Crippen LogP contribution in [-0.2, 0) is 6.42 Å². The van der Waals surface area contributed by atoms with E-state index in [-0.39, 0.29) is 18.7 Å². The van der Waals surface area contributed by atoms with Gasteiger partial charge in [0.15, 0.2) is 0 Å². The van der Waals surface area contributed by atoms with Crippen molar-refractivity contribution in [2.24, 2.45) is 11.5 Å². The molecule has 4 nitrogen and oxygen atoms in total. The highest BCUT2D eigenvalue weighted by Crippen LogP contribution is 2.14. The van der Waals surface area contributed by atoms with Crippen LogP contribution in [-0.4, -0.2) is 28.9 Å². The van der Waals surface area contributed by atoms with Crippen LogP contribution >= 0.6 is 11.6 Å². The van der Waals surface area contributed by atoms with E-state index in [4.69, 9.17) is 28.2 Å². The largest absolute Gasteiger partial charge is 0.395 e. The van der Waals surface area contributed by atoms with Crippen LogP contribution in [0.5, 0.6) is 0 Å². The highest BCUT2D eigenvalue weighted by atomic mass is 35.5. The third-order valence-electron chi connectivity index (χ3n) is 3.28. The second-order valence-corrected chi connectivity index (χ2v) is 5.92. The molecule has 0 radical (unpaired) electrons. The van der Waals surface area contributed by atoms with Gasteiger partial charge in [-0.3, -0.25) is 0 Å². The first kappa shape index (κ1) is 19.6. The summed E-state index contributed by atoms with van der Waals surface area (Å²) in [7, 11) is 0. The van der Waals surface area contributed by atoms with E-state index in [2.05, 4.69) is 0 Å². The maximum absolute atomic E-state index is 9.47. The lowest BCUT2D eigenvalue weighted by Crippen LogP contribution is -2.26. The highest BCUT2D eigenvalue weighted by molar-refractivity contribution is 6.30. The quantitative estimate of drug-likeness (QED) is 0.674. The van der Waals surface area contributed by atoms with Gasteiger partial charge in [0.25, 0.3) is 0 Å². The maximum atomic E-state index is 9.47. The molecule has 2 aromatic carbocycles. The Morgan fingerprint density at radius 3 is 2.04 bits per heavy atom. The molecule has 0 aliphatic carbocycles. The molecule has 2 aromatic rings. The normalized spacial score (nSPS) is 14.3. The van der Waals surface area contributed by atoms with Crippen LogP contribution in [0.15, 0.2) is 54.6 Å². The second kappa shape index (κ2) is 10.4. The van der Waals surface area contributed by atoms with Crippen molar-refractivity contribution in [1.29, 1.82) is 0 Å². The van der Waals surface area contributed by atoms with Gasteiger partial charge in [-0.05, 0) is 36.6 Å². The van der Waals surface area contributed by atoms with Gasteiger partial charge in [0, 0.05) is 17.1 Å². The Balaban J connectivity index is 0.000000231. The van der Waals surface area contributed by atoms with Crippen molar-refractivity contribution in [2.75, 3.05) is 6.61 Å². The van der Waals surface area contributed by atoms with E-state index in [1.165, 1.54) is 0 Å². The standard InChI is InChI=1S/C9H12ClNO.C9H13NO/c10-8-3-1-7(2-4-8)5-9(11)6-12;1-7(10)9(11)8-5-3-2-4-6-8/h1-4,9,12H,5-6,11H2;2-7,9,11H,10H2,1H3/t;7-,9?/m.0/s1. The molecule has 6 N–H and O–H groups in total. The van der Waals surface area contributed by atoms with Gasteiger partial charge in [-0.2, -0.15) is 0 Å². The fourth-order valence-corrected chi connectivity index (χ4v) is 2.07. The van der Waals surface area contributed by atoms with E-state index in [1.807, 2.05) is 54.6 Å². The SMILES string of the molecule is C[C@H](N)C(O)c1ccccc1.NC(CO)Cc1ccc(Cl)cc1. The average Bonchev–Trinajstić information content (AvgIpc) is 2.57. The third kappa shape index (κ3) is 7.59. The molecular weight excluding hydrogens is 312 g/mol. The minimum absolute atomic E-state index is 0.0165. The summed E-state index contributed by atoms with van der Waals surface area (Å²) < 4.78 is 0. The van der Waals surface area contributed by atoms with Crippen molar-refractivity contribution < 1.29 is 10.2 Å². The molecule has 0 bridgehead atoms. The van der Waals surface area contributed by atoms with Crippen LogP contribution in [0.4, 0.5) is 0 Å². The van der Waals surface area contributed by atoms with Crippen LogP contribution in [0, 0.1) is 0 Å². The summed E-state index contributed by atoms with van der Waals surface area (Å²) in [6.07, 6.45) is 0.143. The zero-order chi connectivity index (χ0) is 17.2. The van der Waals surface area contributed by atoms with Crippen LogP contribution in [0.25, 0.3) is 0 Å². The molecule has 0 aromatic heterocycles. The molecule has 5 heteroatoms. The summed E-state index contributed by atoms with van der Waals surface area (Å²) in [5, 5.41) is 18.9. The van der Waals surface area contributed by atoms with Gasteiger partial charge in [-0.1, -0.05) is 54.1 Å². The molecule has 126 valence electrons. The second-order valence-electron chi connectivity index (χ2n) is 5.49. The van der Waals surface area contributed by atoms with Gasteiger partial charge in [0.2, 0.25) is 0 Å². The van der Waals surface area contributed by atoms with Gasteiger partial charge in [-0.25, -0.2) is 0 Å². The number of nitrogens with two attached hydrogens (primary N) is 2. The first-order chi connectivity index (χ1) is 10.9. The molecule has 0 aliphatic heterocycles. The monoisotopic (exact) mass is 336 g/mol. The van der Waals surface area contributed by atoms with E-state index in [0.29, 0.717) is 6.42 Å². The summed E-state index contributed by atoms with van der Waals surface area (Å²) in [5.74, 6) is 0. The Morgan fingerprint density at radius 1 is 1.00 bits per heavy atom. The first-order valence-electron chi connectivity index (χ1n) is 7.53. The van der Waals surface area contributed by atoms with Crippen LogP contribution in [0.2, 0.25) is 5.02 Å². The Kier molecular flexibility index (Phi) is 8.84. The van der Waals surface area contributed by atoms with Crippen LogP contribution in [0.1, 0.15) is 24.2 Å². The average molecular weight is 337 g/mol. The lowest BCUT2D eigenvalue weighted by atomic mass is 10.0. The maximum Gasteiger partial charge on any atom is 0.0938 e. The summed E-state index contributed by atoms with van der Waals surface area (Å²) >= 11 is 5.70. The van der Waals surface area contributed by atoms with Gasteiger partial charge in [0.05, 0.1) is 12.7 Å². The molecular formula is C18H25ClN2O2. The zero-order valence-corrected chi connectivity index (χ0v) is 14.0. The Bertz CT molecular complexity index is 547. The summed E-state index contributed by atoms with van der Waals surface area (Å²) in [4.78, 5) is 0. The number of hydrogen-bond donors (Lipinski definition) is 4. The van der Waals surface area contributed by atoms with E-state index < -0.39 is 6.10 Å². The Labute approximate surface area is 142 Å². The van der Waals surface area contributed by atoms with E-state index in [9.17, 15) is 5.11 Å². The fourth-order valence-electron chi connectivity index (χ4n) is 1.94. The van der Waals surface area contributed by atoms with E-state index in [1.54, 1.807) is 6.92 Å². The van der Waals surface area contributed by atoms with Crippen molar-refractivity contribution in [1.82, 2.24) is 0 Å². The molecule has 2 rings (SSSR count). The first-order valence-corrected chi connectivity index (χ1v) is 7.91. The molecule has 0 heterocycles.